The van der Waals surface area contributed by atoms with Crippen molar-refractivity contribution in [2.75, 3.05) is 0 Å². The Morgan fingerprint density at radius 2 is 1.87 bits per heavy atom. The average Bonchev–Trinajstić information content (AvgIpc) is 2.41. The quantitative estimate of drug-likeness (QED) is 0.570. The van der Waals surface area contributed by atoms with Gasteiger partial charge in [0.15, 0.2) is 0 Å². The van der Waals surface area contributed by atoms with Crippen LogP contribution in [0, 0.1) is 13.8 Å². The Morgan fingerprint density at radius 3 is 2.60 bits per heavy atom. The highest BCUT2D eigenvalue weighted by atomic mass is 16.7. The molecule has 80 valence electrons. The number of fused-ring (bicyclic) bond motifs is 1. The number of rotatable bonds is 0. The third-order valence-electron chi connectivity index (χ3n) is 2.21. The Bertz CT molecular complexity index is 436. The maximum atomic E-state index is 11.2. The molecule has 0 amide bonds. The van der Waals surface area contributed by atoms with Gasteiger partial charge in [-0.2, -0.15) is 0 Å². The van der Waals surface area contributed by atoms with E-state index in [0.717, 1.165) is 4.85 Å². The maximum absolute atomic E-state index is 11.2. The van der Waals surface area contributed by atoms with Gasteiger partial charge in [0.1, 0.15) is 0 Å². The number of carbonyl (C=O) groups is 2. The van der Waals surface area contributed by atoms with E-state index in [9.17, 15) is 9.59 Å². The van der Waals surface area contributed by atoms with Crippen LogP contribution >= 0.6 is 0 Å². The number of esters is 1. The molecule has 1 aromatic heterocycles. The zero-order valence-electron chi connectivity index (χ0n) is 8.44. The topological polar surface area (TPSA) is 70.4 Å². The monoisotopic (exact) mass is 210 g/mol. The summed E-state index contributed by atoms with van der Waals surface area (Å²) in [5.74, 6) is -0.753. The van der Waals surface area contributed by atoms with Crippen molar-refractivity contribution in [1.29, 1.82) is 0 Å². The van der Waals surface area contributed by atoms with E-state index in [1.165, 1.54) is 0 Å². The smallest absolute Gasteiger partial charge is 0.335 e. The molecule has 2 heterocycles. The van der Waals surface area contributed by atoms with E-state index >= 15 is 0 Å². The SMILES string of the molecule is Cc1nn2c(c1C)OC(=O)CCC(=O)O2. The standard InChI is InChI=1S/C9H10N2O4/c1-5-6(2)10-11-9(5)14-7(12)3-4-8(13)15-11/h3-4H2,1-2H3. The number of carbonyl (C=O) groups excluding carboxylic acids is 2. The van der Waals surface area contributed by atoms with Gasteiger partial charge >= 0.3 is 11.9 Å². The van der Waals surface area contributed by atoms with Crippen molar-refractivity contribution in [2.45, 2.75) is 26.7 Å². The predicted octanol–water partition coefficient (Wildman–Crippen LogP) is 0.154. The van der Waals surface area contributed by atoms with E-state index in [2.05, 4.69) is 5.10 Å². The van der Waals surface area contributed by atoms with Crippen molar-refractivity contribution in [1.82, 2.24) is 9.94 Å². The summed E-state index contributed by atoms with van der Waals surface area (Å²) in [5.41, 5.74) is 1.35. The lowest BCUT2D eigenvalue weighted by Crippen LogP contribution is -2.27. The van der Waals surface area contributed by atoms with E-state index in [0.29, 0.717) is 11.3 Å². The van der Waals surface area contributed by atoms with Crippen molar-refractivity contribution in [3.63, 3.8) is 0 Å². The summed E-state index contributed by atoms with van der Waals surface area (Å²) in [7, 11) is 0. The second-order valence-corrected chi connectivity index (χ2v) is 3.33. The van der Waals surface area contributed by atoms with Crippen molar-refractivity contribution < 1.29 is 19.2 Å². The molecule has 0 fully saturated rings. The molecule has 0 bridgehead atoms. The molecule has 1 aromatic rings. The van der Waals surface area contributed by atoms with E-state index in [1.54, 1.807) is 13.8 Å². The minimum atomic E-state index is -0.490. The van der Waals surface area contributed by atoms with E-state index in [-0.39, 0.29) is 18.7 Å². The number of hydrogen-bond donors (Lipinski definition) is 0. The predicted molar refractivity (Wildman–Crippen MR) is 48.2 cm³/mol. The Balaban J connectivity index is 2.45. The highest BCUT2D eigenvalue weighted by Crippen LogP contribution is 2.21. The molecule has 2 rings (SSSR count). The van der Waals surface area contributed by atoms with E-state index in [4.69, 9.17) is 9.57 Å². The first-order valence-corrected chi connectivity index (χ1v) is 4.56. The molecule has 0 radical (unpaired) electrons. The molecule has 15 heavy (non-hydrogen) atoms. The van der Waals surface area contributed by atoms with E-state index in [1.807, 2.05) is 0 Å². The van der Waals surface area contributed by atoms with Gasteiger partial charge < -0.3 is 9.57 Å². The second kappa shape index (κ2) is 3.38. The molecular formula is C9H10N2O4. The molecule has 1 aliphatic rings. The van der Waals surface area contributed by atoms with Crippen LogP contribution in [0.2, 0.25) is 0 Å². The fourth-order valence-corrected chi connectivity index (χ4v) is 1.24. The maximum Gasteiger partial charge on any atom is 0.335 e. The fraction of sp³-hybridized carbons (Fsp3) is 0.444. The first-order valence-electron chi connectivity index (χ1n) is 4.56. The van der Waals surface area contributed by atoms with Crippen LogP contribution in [-0.4, -0.2) is 21.9 Å². The van der Waals surface area contributed by atoms with Gasteiger partial charge in [0.25, 0.3) is 5.88 Å². The Morgan fingerprint density at radius 1 is 1.20 bits per heavy atom. The van der Waals surface area contributed by atoms with Crippen LogP contribution in [0.1, 0.15) is 24.1 Å². The lowest BCUT2D eigenvalue weighted by molar-refractivity contribution is -0.153. The van der Waals surface area contributed by atoms with Gasteiger partial charge in [-0.3, -0.25) is 4.79 Å². The molecule has 0 spiro atoms. The Labute approximate surface area is 85.7 Å². The van der Waals surface area contributed by atoms with Crippen molar-refractivity contribution in [2.24, 2.45) is 0 Å². The molecule has 6 nitrogen and oxygen atoms in total. The minimum Gasteiger partial charge on any atom is -0.404 e. The van der Waals surface area contributed by atoms with Crippen molar-refractivity contribution in [3.8, 4) is 5.88 Å². The fourth-order valence-electron chi connectivity index (χ4n) is 1.24. The molecule has 0 aromatic carbocycles. The first-order chi connectivity index (χ1) is 7.08. The number of aromatic nitrogens is 2. The summed E-state index contributed by atoms with van der Waals surface area (Å²) in [6, 6.07) is 0. The average molecular weight is 210 g/mol. The molecule has 0 saturated carbocycles. The molecule has 0 aliphatic carbocycles. The van der Waals surface area contributed by atoms with Crippen LogP contribution in [0.15, 0.2) is 0 Å². The number of nitrogens with zero attached hydrogens (tertiary/aromatic N) is 2. The lowest BCUT2D eigenvalue weighted by Gasteiger charge is -2.11. The summed E-state index contributed by atoms with van der Waals surface area (Å²) in [5, 5.41) is 3.93. The molecule has 6 heteroatoms. The second-order valence-electron chi connectivity index (χ2n) is 3.33. The minimum absolute atomic E-state index is 0.0101. The van der Waals surface area contributed by atoms with Gasteiger partial charge in [-0.1, -0.05) is 4.85 Å². The van der Waals surface area contributed by atoms with Gasteiger partial charge in [-0.15, -0.1) is 5.10 Å². The molecule has 0 unspecified atom stereocenters. The third kappa shape index (κ3) is 1.70. The zero-order valence-corrected chi connectivity index (χ0v) is 8.44. The van der Waals surface area contributed by atoms with Crippen LogP contribution in [0.3, 0.4) is 0 Å². The molecule has 0 atom stereocenters. The summed E-state index contributed by atoms with van der Waals surface area (Å²) in [4.78, 5) is 28.2. The van der Waals surface area contributed by atoms with Gasteiger partial charge in [-0.25, -0.2) is 4.79 Å². The molecule has 1 aliphatic heterocycles. The van der Waals surface area contributed by atoms with Crippen LogP contribution in [0.5, 0.6) is 5.88 Å². The van der Waals surface area contributed by atoms with Crippen LogP contribution in [0.4, 0.5) is 0 Å². The Hall–Kier alpha value is -1.85. The molecular weight excluding hydrogens is 200 g/mol. The van der Waals surface area contributed by atoms with Crippen molar-refractivity contribution >= 4 is 11.9 Å². The summed E-state index contributed by atoms with van der Waals surface area (Å²) in [6.45, 7) is 3.49. The number of hydrogen-bond acceptors (Lipinski definition) is 5. The van der Waals surface area contributed by atoms with Gasteiger partial charge in [0.05, 0.1) is 18.5 Å². The number of aryl methyl sites for hydroxylation is 1. The normalized spacial score (nSPS) is 16.1. The van der Waals surface area contributed by atoms with Gasteiger partial charge in [-0.05, 0) is 13.8 Å². The molecule has 0 N–H and O–H groups in total. The first kappa shape index (κ1) is 9.70. The van der Waals surface area contributed by atoms with Crippen molar-refractivity contribution in [3.05, 3.63) is 11.3 Å². The van der Waals surface area contributed by atoms with Crippen LogP contribution in [0.25, 0.3) is 0 Å². The zero-order chi connectivity index (χ0) is 11.0. The largest absolute Gasteiger partial charge is 0.404 e. The summed E-state index contributed by atoms with van der Waals surface area (Å²) >= 11 is 0. The molecule has 0 saturated heterocycles. The van der Waals surface area contributed by atoms with Crippen LogP contribution in [-0.2, 0) is 9.59 Å². The highest BCUT2D eigenvalue weighted by Gasteiger charge is 2.23. The van der Waals surface area contributed by atoms with Crippen LogP contribution < -0.4 is 9.57 Å². The van der Waals surface area contributed by atoms with Gasteiger partial charge in [0, 0.05) is 5.56 Å². The van der Waals surface area contributed by atoms with E-state index < -0.39 is 11.9 Å². The lowest BCUT2D eigenvalue weighted by atomic mass is 10.3. The number of ether oxygens (including phenoxy) is 1. The Kier molecular flexibility index (Phi) is 2.18. The summed E-state index contributed by atoms with van der Waals surface area (Å²) in [6.07, 6.45) is 0.0404. The summed E-state index contributed by atoms with van der Waals surface area (Å²) < 4.78 is 5.02. The third-order valence-corrected chi connectivity index (χ3v) is 2.21. The highest BCUT2D eigenvalue weighted by molar-refractivity contribution is 5.80. The van der Waals surface area contributed by atoms with Gasteiger partial charge in [0.2, 0.25) is 0 Å².